The van der Waals surface area contributed by atoms with Crippen molar-refractivity contribution in [3.05, 3.63) is 0 Å². The fourth-order valence-corrected chi connectivity index (χ4v) is 4.12. The molecular weight excluding hydrogens is 194 g/mol. The first-order valence-corrected chi connectivity index (χ1v) is 5.56. The van der Waals surface area contributed by atoms with Gasteiger partial charge < -0.3 is 5.32 Å². The topological polar surface area (TPSA) is 12.0 Å². The molecule has 0 saturated heterocycles. The van der Waals surface area contributed by atoms with Gasteiger partial charge in [0.2, 0.25) is 0 Å². The summed E-state index contributed by atoms with van der Waals surface area (Å²) >= 11 is 0. The number of nitrogens with one attached hydrogen (secondary N) is 1. The van der Waals surface area contributed by atoms with Crippen LogP contribution in [0.2, 0.25) is 0 Å². The summed E-state index contributed by atoms with van der Waals surface area (Å²) in [6.45, 7) is 9.78. The van der Waals surface area contributed by atoms with Crippen molar-refractivity contribution in [2.45, 2.75) is 52.5 Å². The Hall–Kier alpha value is 0.250. The molecular formula is C12H24ClN. The summed E-state index contributed by atoms with van der Waals surface area (Å²) in [5.41, 5.74) is 1.34. The molecule has 3 atom stereocenters. The van der Waals surface area contributed by atoms with Gasteiger partial charge in [0.05, 0.1) is 0 Å². The second-order valence-electron chi connectivity index (χ2n) is 6.10. The van der Waals surface area contributed by atoms with E-state index in [1.165, 1.54) is 19.3 Å². The number of hydrogen-bond acceptors (Lipinski definition) is 1. The minimum atomic E-state index is 0. The van der Waals surface area contributed by atoms with E-state index in [2.05, 4.69) is 40.1 Å². The van der Waals surface area contributed by atoms with Gasteiger partial charge >= 0.3 is 0 Å². The second kappa shape index (κ2) is 3.12. The van der Waals surface area contributed by atoms with Crippen LogP contribution in [0.1, 0.15) is 47.0 Å². The van der Waals surface area contributed by atoms with E-state index in [9.17, 15) is 0 Å². The molecule has 0 aromatic rings. The molecule has 0 aromatic heterocycles. The highest BCUT2D eigenvalue weighted by atomic mass is 35.5. The summed E-state index contributed by atoms with van der Waals surface area (Å²) < 4.78 is 0. The van der Waals surface area contributed by atoms with Crippen LogP contribution in [0.4, 0.5) is 0 Å². The minimum Gasteiger partial charge on any atom is -0.313 e. The van der Waals surface area contributed by atoms with Crippen LogP contribution in [0, 0.1) is 16.7 Å². The highest BCUT2D eigenvalue weighted by Crippen LogP contribution is 2.67. The summed E-state index contributed by atoms with van der Waals surface area (Å²) in [5.74, 6) is 0.940. The number of halogens is 1. The first-order chi connectivity index (χ1) is 5.87. The van der Waals surface area contributed by atoms with Crippen molar-refractivity contribution in [1.29, 1.82) is 0 Å². The van der Waals surface area contributed by atoms with Gasteiger partial charge in [-0.25, -0.2) is 0 Å². The maximum Gasteiger partial charge on any atom is 0.0257 e. The van der Waals surface area contributed by atoms with Gasteiger partial charge in [-0.05, 0) is 50.0 Å². The van der Waals surface area contributed by atoms with E-state index >= 15 is 0 Å². The number of rotatable bonds is 1. The SMILES string of the molecule is CNC1(C)C2(C)CCC(C2)C1(C)C.Cl. The van der Waals surface area contributed by atoms with Crippen LogP contribution in [-0.2, 0) is 0 Å². The number of fused-ring (bicyclic) bond motifs is 2. The standard InChI is InChI=1S/C12H23N.ClH/c1-10(2)9-6-7-11(3,8-9)12(10,4)13-5;/h9,13H,6-8H2,1-5H3;1H. The normalized spacial score (nSPS) is 49.1. The lowest BCUT2D eigenvalue weighted by Crippen LogP contribution is -2.60. The molecule has 2 aliphatic rings. The van der Waals surface area contributed by atoms with Gasteiger partial charge in [-0.2, -0.15) is 0 Å². The van der Waals surface area contributed by atoms with Gasteiger partial charge in [0, 0.05) is 5.54 Å². The Morgan fingerprint density at radius 2 is 1.71 bits per heavy atom. The van der Waals surface area contributed by atoms with Crippen molar-refractivity contribution in [3.8, 4) is 0 Å². The maximum absolute atomic E-state index is 3.60. The monoisotopic (exact) mass is 217 g/mol. The molecule has 0 aromatic carbocycles. The second-order valence-corrected chi connectivity index (χ2v) is 6.10. The molecule has 2 rings (SSSR count). The zero-order chi connectivity index (χ0) is 9.91. The lowest BCUT2D eigenvalue weighted by molar-refractivity contribution is 0.0264. The summed E-state index contributed by atoms with van der Waals surface area (Å²) in [7, 11) is 2.13. The molecule has 84 valence electrons. The maximum atomic E-state index is 3.60. The summed E-state index contributed by atoms with van der Waals surface area (Å²) in [6, 6.07) is 0. The minimum absolute atomic E-state index is 0. The van der Waals surface area contributed by atoms with Crippen molar-refractivity contribution in [2.75, 3.05) is 7.05 Å². The van der Waals surface area contributed by atoms with Crippen molar-refractivity contribution >= 4 is 12.4 Å². The smallest absolute Gasteiger partial charge is 0.0257 e. The Balaban J connectivity index is 0.000000980. The zero-order valence-corrected chi connectivity index (χ0v) is 10.9. The van der Waals surface area contributed by atoms with Crippen molar-refractivity contribution < 1.29 is 0 Å². The van der Waals surface area contributed by atoms with E-state index in [0.717, 1.165) is 5.92 Å². The van der Waals surface area contributed by atoms with Crippen LogP contribution in [0.5, 0.6) is 0 Å². The van der Waals surface area contributed by atoms with E-state index in [-0.39, 0.29) is 12.4 Å². The summed E-state index contributed by atoms with van der Waals surface area (Å²) in [4.78, 5) is 0. The Labute approximate surface area is 94.4 Å². The average Bonchev–Trinajstić information content (AvgIpc) is 2.51. The van der Waals surface area contributed by atoms with E-state index in [0.29, 0.717) is 16.4 Å². The highest BCUT2D eigenvalue weighted by Gasteiger charge is 2.65. The third-order valence-corrected chi connectivity index (χ3v) is 5.76. The molecule has 0 amide bonds. The van der Waals surface area contributed by atoms with Crippen LogP contribution >= 0.6 is 12.4 Å². The lowest BCUT2D eigenvalue weighted by Gasteiger charge is -2.52. The van der Waals surface area contributed by atoms with Gasteiger partial charge in [0.1, 0.15) is 0 Å². The van der Waals surface area contributed by atoms with Crippen molar-refractivity contribution in [2.24, 2.45) is 16.7 Å². The molecule has 1 N–H and O–H groups in total. The Morgan fingerprint density at radius 1 is 1.14 bits per heavy atom. The molecule has 0 aliphatic heterocycles. The quantitative estimate of drug-likeness (QED) is 0.711. The van der Waals surface area contributed by atoms with Gasteiger partial charge in [0.15, 0.2) is 0 Å². The average molecular weight is 218 g/mol. The fourth-order valence-electron chi connectivity index (χ4n) is 4.12. The van der Waals surface area contributed by atoms with Gasteiger partial charge in [-0.1, -0.05) is 20.8 Å². The van der Waals surface area contributed by atoms with E-state index < -0.39 is 0 Å². The van der Waals surface area contributed by atoms with Crippen molar-refractivity contribution in [3.63, 3.8) is 0 Å². The molecule has 1 nitrogen and oxygen atoms in total. The molecule has 14 heavy (non-hydrogen) atoms. The first kappa shape index (κ1) is 12.3. The lowest BCUT2D eigenvalue weighted by atomic mass is 9.59. The van der Waals surface area contributed by atoms with Gasteiger partial charge in [-0.15, -0.1) is 12.4 Å². The molecule has 2 bridgehead atoms. The van der Waals surface area contributed by atoms with Crippen LogP contribution in [-0.4, -0.2) is 12.6 Å². The molecule has 0 spiro atoms. The van der Waals surface area contributed by atoms with E-state index in [4.69, 9.17) is 0 Å². The predicted octanol–water partition coefficient (Wildman–Crippen LogP) is 3.23. The molecule has 2 fully saturated rings. The van der Waals surface area contributed by atoms with Gasteiger partial charge in [0.25, 0.3) is 0 Å². The molecule has 2 aliphatic carbocycles. The first-order valence-electron chi connectivity index (χ1n) is 5.56. The molecule has 0 heterocycles. The molecule has 2 saturated carbocycles. The Morgan fingerprint density at radius 3 is 2.00 bits per heavy atom. The summed E-state index contributed by atoms with van der Waals surface area (Å²) in [6.07, 6.45) is 4.29. The fraction of sp³-hybridized carbons (Fsp3) is 1.00. The van der Waals surface area contributed by atoms with E-state index in [1.807, 2.05) is 0 Å². The highest BCUT2D eigenvalue weighted by molar-refractivity contribution is 5.85. The summed E-state index contributed by atoms with van der Waals surface area (Å²) in [5, 5.41) is 3.60. The Kier molecular flexibility index (Phi) is 2.74. The third-order valence-electron chi connectivity index (χ3n) is 5.76. The van der Waals surface area contributed by atoms with Crippen LogP contribution in [0.3, 0.4) is 0 Å². The van der Waals surface area contributed by atoms with Crippen LogP contribution < -0.4 is 5.32 Å². The molecule has 2 heteroatoms. The Bertz CT molecular complexity index is 232. The van der Waals surface area contributed by atoms with Crippen LogP contribution in [0.15, 0.2) is 0 Å². The number of hydrogen-bond donors (Lipinski definition) is 1. The third kappa shape index (κ3) is 1.06. The zero-order valence-electron chi connectivity index (χ0n) is 10.1. The predicted molar refractivity (Wildman–Crippen MR) is 63.9 cm³/mol. The van der Waals surface area contributed by atoms with Crippen molar-refractivity contribution in [1.82, 2.24) is 5.32 Å². The van der Waals surface area contributed by atoms with E-state index in [1.54, 1.807) is 0 Å². The molecule has 3 unspecified atom stereocenters. The van der Waals surface area contributed by atoms with Gasteiger partial charge in [-0.3, -0.25) is 0 Å². The molecule has 0 radical (unpaired) electrons. The van der Waals surface area contributed by atoms with Crippen LogP contribution in [0.25, 0.3) is 0 Å². The largest absolute Gasteiger partial charge is 0.313 e.